The number of hydrogen-bond donors (Lipinski definition) is 3. The molecule has 3 unspecified atom stereocenters. The Hall–Kier alpha value is -3.11. The molecule has 10 nitrogen and oxygen atoms in total. The molecule has 3 atom stereocenters. The number of nitrogens with zero attached hydrogens (tertiary/aromatic N) is 6. The predicted octanol–water partition coefficient (Wildman–Crippen LogP) is 0.663. The number of hydrazine groups is 1. The molecule has 0 aromatic carbocycles. The highest BCUT2D eigenvalue weighted by atomic mass is 16.2. The van der Waals surface area contributed by atoms with Gasteiger partial charge in [0.25, 0.3) is 0 Å². The third-order valence-electron chi connectivity index (χ3n) is 6.15. The lowest BCUT2D eigenvalue weighted by atomic mass is 9.93. The summed E-state index contributed by atoms with van der Waals surface area (Å²) in [5, 5.41) is 15.6. The van der Waals surface area contributed by atoms with Crippen LogP contribution in [0.5, 0.6) is 0 Å². The van der Waals surface area contributed by atoms with Crippen LogP contribution in [0.1, 0.15) is 31.4 Å². The van der Waals surface area contributed by atoms with Gasteiger partial charge in [-0.2, -0.15) is 4.52 Å². The Morgan fingerprint density at radius 1 is 1.13 bits per heavy atom. The number of amides is 1. The van der Waals surface area contributed by atoms with E-state index in [0.29, 0.717) is 0 Å². The van der Waals surface area contributed by atoms with E-state index in [0.717, 1.165) is 43.0 Å². The zero-order valence-corrected chi connectivity index (χ0v) is 16.8. The van der Waals surface area contributed by atoms with Gasteiger partial charge in [0.05, 0.1) is 12.2 Å². The minimum atomic E-state index is -0.105. The zero-order chi connectivity index (χ0) is 20.5. The third-order valence-corrected chi connectivity index (χ3v) is 6.15. The smallest absolute Gasteiger partial charge is 0.224 e. The molecule has 2 aliphatic rings. The number of piperidine rings is 1. The fourth-order valence-corrected chi connectivity index (χ4v) is 4.29. The van der Waals surface area contributed by atoms with E-state index in [1.807, 2.05) is 24.3 Å². The van der Waals surface area contributed by atoms with E-state index in [4.69, 9.17) is 0 Å². The summed E-state index contributed by atoms with van der Waals surface area (Å²) in [7, 11) is 0. The topological polar surface area (TPSA) is 112 Å². The summed E-state index contributed by atoms with van der Waals surface area (Å²) in [6, 6.07) is 8.01. The van der Waals surface area contributed by atoms with Gasteiger partial charge in [-0.15, -0.1) is 15.3 Å². The maximum Gasteiger partial charge on any atom is 0.224 e. The van der Waals surface area contributed by atoms with E-state index in [9.17, 15) is 4.79 Å². The number of hydrogen-bond acceptors (Lipinski definition) is 8. The number of nitrogens with one attached hydrogen (secondary N) is 3. The average Bonchev–Trinajstić information content (AvgIpc) is 3.40. The van der Waals surface area contributed by atoms with Crippen LogP contribution >= 0.6 is 0 Å². The summed E-state index contributed by atoms with van der Waals surface area (Å²) in [6.45, 7) is 3.73. The second-order valence-electron chi connectivity index (χ2n) is 7.98. The second-order valence-corrected chi connectivity index (χ2v) is 7.98. The normalized spacial score (nSPS) is 25.0. The lowest BCUT2D eigenvalue weighted by Gasteiger charge is -2.32. The number of fused-ring (bicyclic) bond motifs is 1. The van der Waals surface area contributed by atoms with Gasteiger partial charge in [0, 0.05) is 37.3 Å². The van der Waals surface area contributed by atoms with Crippen LogP contribution in [0.15, 0.2) is 43.0 Å². The maximum absolute atomic E-state index is 12.9. The Morgan fingerprint density at radius 3 is 2.73 bits per heavy atom. The number of aromatic nitrogens is 5. The molecule has 0 saturated carbocycles. The van der Waals surface area contributed by atoms with E-state index in [1.165, 1.54) is 0 Å². The van der Waals surface area contributed by atoms with Crippen molar-refractivity contribution in [3.05, 3.63) is 48.5 Å². The monoisotopic (exact) mass is 407 g/mol. The fourth-order valence-electron chi connectivity index (χ4n) is 4.29. The summed E-state index contributed by atoms with van der Waals surface area (Å²) >= 11 is 0. The lowest BCUT2D eigenvalue weighted by molar-refractivity contribution is -0.126. The van der Waals surface area contributed by atoms with Crippen LogP contribution in [0.2, 0.25) is 0 Å². The van der Waals surface area contributed by atoms with Gasteiger partial charge in [-0.3, -0.25) is 9.78 Å². The maximum atomic E-state index is 12.9. The molecule has 3 aromatic heterocycles. The van der Waals surface area contributed by atoms with E-state index in [1.54, 1.807) is 23.2 Å². The highest BCUT2D eigenvalue weighted by Crippen LogP contribution is 2.28. The number of rotatable bonds is 4. The van der Waals surface area contributed by atoms with Crippen molar-refractivity contribution < 1.29 is 4.79 Å². The quantitative estimate of drug-likeness (QED) is 0.578. The molecule has 0 bridgehead atoms. The largest absolute Gasteiger partial charge is 0.355 e. The number of carbonyl (C=O) groups is 1. The Balaban J connectivity index is 1.16. The average molecular weight is 407 g/mol. The molecular weight excluding hydrogens is 382 g/mol. The van der Waals surface area contributed by atoms with Gasteiger partial charge in [-0.1, -0.05) is 6.92 Å². The predicted molar refractivity (Wildman–Crippen MR) is 110 cm³/mol. The van der Waals surface area contributed by atoms with E-state index >= 15 is 0 Å². The van der Waals surface area contributed by atoms with Crippen molar-refractivity contribution in [3.8, 4) is 0 Å². The van der Waals surface area contributed by atoms with Gasteiger partial charge in [0.15, 0.2) is 5.65 Å². The van der Waals surface area contributed by atoms with Crippen LogP contribution in [-0.2, 0) is 4.79 Å². The Kier molecular flexibility index (Phi) is 5.01. The van der Waals surface area contributed by atoms with Crippen molar-refractivity contribution >= 4 is 17.4 Å². The van der Waals surface area contributed by atoms with Crippen LogP contribution in [0.25, 0.3) is 5.65 Å². The zero-order valence-electron chi connectivity index (χ0n) is 16.8. The fraction of sp³-hybridized carbons (Fsp3) is 0.450. The molecule has 2 aliphatic heterocycles. The van der Waals surface area contributed by atoms with Crippen molar-refractivity contribution in [1.29, 1.82) is 0 Å². The highest BCUT2D eigenvalue weighted by Gasteiger charge is 2.36. The summed E-state index contributed by atoms with van der Waals surface area (Å²) < 4.78 is 1.67. The summed E-state index contributed by atoms with van der Waals surface area (Å²) in [6.07, 6.45) is 6.68. The second kappa shape index (κ2) is 7.96. The SMILES string of the molecule is CC1C(NC(=O)C2CCN(c3ccc4nncn4n3)CC2)NNC1c1ccncc1. The van der Waals surface area contributed by atoms with Crippen molar-refractivity contribution in [2.24, 2.45) is 11.8 Å². The first-order valence-electron chi connectivity index (χ1n) is 10.3. The minimum Gasteiger partial charge on any atom is -0.355 e. The Labute approximate surface area is 174 Å². The van der Waals surface area contributed by atoms with Crippen LogP contribution < -0.4 is 21.1 Å². The summed E-state index contributed by atoms with van der Waals surface area (Å²) in [5.74, 6) is 1.22. The van der Waals surface area contributed by atoms with Gasteiger partial charge in [0.2, 0.25) is 5.91 Å². The molecule has 3 N–H and O–H groups in total. The molecule has 156 valence electrons. The first-order chi connectivity index (χ1) is 14.7. The molecule has 0 radical (unpaired) electrons. The van der Waals surface area contributed by atoms with Crippen molar-refractivity contribution in [2.75, 3.05) is 18.0 Å². The van der Waals surface area contributed by atoms with Gasteiger partial charge < -0.3 is 10.2 Å². The summed E-state index contributed by atoms with van der Waals surface area (Å²) in [4.78, 5) is 19.2. The first kappa shape index (κ1) is 18.9. The standard InChI is InChI=1S/C20H25N9O/c1-13-18(14-4-8-21-9-5-14)25-26-19(13)23-20(30)15-6-10-28(11-7-15)17-3-2-16-24-22-12-29(16)27-17/h2-5,8-9,12-13,15,18-19,25-26H,6-7,10-11H2,1H3,(H,23,30). The molecule has 5 heterocycles. The first-order valence-corrected chi connectivity index (χ1v) is 10.3. The third kappa shape index (κ3) is 3.59. The van der Waals surface area contributed by atoms with Crippen LogP contribution in [0.4, 0.5) is 5.82 Å². The van der Waals surface area contributed by atoms with E-state index in [2.05, 4.69) is 48.3 Å². The molecule has 0 spiro atoms. The van der Waals surface area contributed by atoms with E-state index in [-0.39, 0.29) is 30.0 Å². The van der Waals surface area contributed by atoms with Crippen molar-refractivity contribution in [1.82, 2.24) is 41.0 Å². The molecule has 1 amide bonds. The Bertz CT molecular complexity index is 1020. The van der Waals surface area contributed by atoms with Gasteiger partial charge in [0.1, 0.15) is 12.1 Å². The van der Waals surface area contributed by atoms with Crippen molar-refractivity contribution in [2.45, 2.75) is 32.0 Å². The van der Waals surface area contributed by atoms with Crippen LogP contribution in [0, 0.1) is 11.8 Å². The van der Waals surface area contributed by atoms with Gasteiger partial charge >= 0.3 is 0 Å². The van der Waals surface area contributed by atoms with Crippen molar-refractivity contribution in [3.63, 3.8) is 0 Å². The lowest BCUT2D eigenvalue weighted by Crippen LogP contribution is -2.50. The molecule has 2 saturated heterocycles. The van der Waals surface area contributed by atoms with Gasteiger partial charge in [-0.25, -0.2) is 10.9 Å². The minimum absolute atomic E-state index is 0.00821. The molecule has 2 fully saturated rings. The summed E-state index contributed by atoms with van der Waals surface area (Å²) in [5.41, 5.74) is 8.42. The van der Waals surface area contributed by atoms with Crippen LogP contribution in [0.3, 0.4) is 0 Å². The molecule has 30 heavy (non-hydrogen) atoms. The molecule has 3 aromatic rings. The number of carbonyl (C=O) groups excluding carboxylic acids is 1. The molecule has 10 heteroatoms. The van der Waals surface area contributed by atoms with E-state index < -0.39 is 0 Å². The highest BCUT2D eigenvalue weighted by molar-refractivity contribution is 5.79. The Morgan fingerprint density at radius 2 is 1.93 bits per heavy atom. The van der Waals surface area contributed by atoms with Crippen LogP contribution in [-0.4, -0.2) is 50.0 Å². The van der Waals surface area contributed by atoms with Gasteiger partial charge in [-0.05, 0) is 42.7 Å². The molecular formula is C20H25N9O. The molecule has 0 aliphatic carbocycles. The number of anilines is 1. The number of pyridine rings is 1. The molecule has 5 rings (SSSR count).